The molecule has 100 valence electrons. The van der Waals surface area contributed by atoms with Gasteiger partial charge < -0.3 is 10.0 Å². The van der Waals surface area contributed by atoms with Crippen molar-refractivity contribution in [2.45, 2.75) is 46.1 Å². The zero-order chi connectivity index (χ0) is 13.2. The Morgan fingerprint density at radius 3 is 2.67 bits per heavy atom. The molecule has 1 N–H and O–H groups in total. The minimum Gasteiger partial charge on any atom is -0.389 e. The van der Waals surface area contributed by atoms with Gasteiger partial charge in [0.1, 0.15) is 5.82 Å². The third-order valence-corrected chi connectivity index (χ3v) is 4.40. The molecule has 0 unspecified atom stereocenters. The Bertz CT molecular complexity index is 395. The van der Waals surface area contributed by atoms with Gasteiger partial charge in [-0.2, -0.15) is 0 Å². The van der Waals surface area contributed by atoms with Crippen LogP contribution in [0.1, 0.15) is 51.7 Å². The van der Waals surface area contributed by atoms with E-state index in [4.69, 9.17) is 0 Å². The summed E-state index contributed by atoms with van der Waals surface area (Å²) in [4.78, 5) is 6.77. The highest BCUT2D eigenvalue weighted by Gasteiger charge is 2.28. The monoisotopic (exact) mass is 248 g/mol. The average molecular weight is 248 g/mol. The van der Waals surface area contributed by atoms with Crippen molar-refractivity contribution in [3.63, 3.8) is 0 Å². The van der Waals surface area contributed by atoms with Gasteiger partial charge in [-0.25, -0.2) is 4.98 Å². The smallest absolute Gasteiger partial charge is 0.128 e. The van der Waals surface area contributed by atoms with Crippen molar-refractivity contribution in [1.82, 2.24) is 4.98 Å². The maximum Gasteiger partial charge on any atom is 0.128 e. The van der Waals surface area contributed by atoms with E-state index in [0.717, 1.165) is 24.5 Å². The molecule has 2 rings (SSSR count). The van der Waals surface area contributed by atoms with Crippen LogP contribution in [0.3, 0.4) is 0 Å². The molecule has 1 aromatic rings. The first-order valence-corrected chi connectivity index (χ1v) is 6.93. The molecule has 0 spiro atoms. The molecule has 18 heavy (non-hydrogen) atoms. The van der Waals surface area contributed by atoms with Crippen molar-refractivity contribution < 1.29 is 5.11 Å². The third kappa shape index (κ3) is 2.83. The van der Waals surface area contributed by atoms with Gasteiger partial charge >= 0.3 is 0 Å². The van der Waals surface area contributed by atoms with Gasteiger partial charge in [0.2, 0.25) is 0 Å². The van der Waals surface area contributed by atoms with Crippen LogP contribution in [0.15, 0.2) is 18.3 Å². The van der Waals surface area contributed by atoms with Crippen molar-refractivity contribution in [1.29, 1.82) is 0 Å². The lowest BCUT2D eigenvalue weighted by Crippen LogP contribution is -2.38. The van der Waals surface area contributed by atoms with Gasteiger partial charge in [0, 0.05) is 19.3 Å². The van der Waals surface area contributed by atoms with Crippen LogP contribution in [0, 0.1) is 5.41 Å². The van der Waals surface area contributed by atoms with Crippen LogP contribution in [0.4, 0.5) is 5.82 Å². The van der Waals surface area contributed by atoms with Crippen LogP contribution in [-0.2, 0) is 0 Å². The fourth-order valence-electron chi connectivity index (χ4n) is 2.50. The lowest BCUT2D eigenvalue weighted by Gasteiger charge is -2.39. The SMILES string of the molecule is CCC1(C)CCN(c2cc([C@@H](C)O)ccn2)CC1. The van der Waals surface area contributed by atoms with E-state index in [2.05, 4.69) is 23.7 Å². The normalized spacial score (nSPS) is 20.8. The van der Waals surface area contributed by atoms with E-state index in [9.17, 15) is 5.11 Å². The summed E-state index contributed by atoms with van der Waals surface area (Å²) in [7, 11) is 0. The molecule has 3 heteroatoms. The molecule has 0 saturated carbocycles. The number of rotatable bonds is 3. The molecule has 1 aromatic heterocycles. The zero-order valence-corrected chi connectivity index (χ0v) is 11.7. The maximum atomic E-state index is 9.62. The van der Waals surface area contributed by atoms with Crippen LogP contribution < -0.4 is 4.90 Å². The van der Waals surface area contributed by atoms with Crippen LogP contribution in [0.25, 0.3) is 0 Å². The van der Waals surface area contributed by atoms with Crippen LogP contribution in [0.5, 0.6) is 0 Å². The van der Waals surface area contributed by atoms with E-state index >= 15 is 0 Å². The van der Waals surface area contributed by atoms with E-state index in [1.807, 2.05) is 12.1 Å². The van der Waals surface area contributed by atoms with Gasteiger partial charge in [-0.05, 0) is 42.9 Å². The molecule has 0 amide bonds. The molecule has 1 saturated heterocycles. The summed E-state index contributed by atoms with van der Waals surface area (Å²) in [6.45, 7) is 8.59. The Morgan fingerprint density at radius 1 is 1.44 bits per heavy atom. The van der Waals surface area contributed by atoms with E-state index < -0.39 is 6.10 Å². The van der Waals surface area contributed by atoms with Gasteiger partial charge in [-0.3, -0.25) is 0 Å². The minimum absolute atomic E-state index is 0.419. The molecular formula is C15H24N2O. The number of anilines is 1. The molecule has 0 bridgehead atoms. The summed E-state index contributed by atoms with van der Waals surface area (Å²) >= 11 is 0. The molecule has 1 aliphatic rings. The predicted molar refractivity (Wildman–Crippen MR) is 74.7 cm³/mol. The highest BCUT2D eigenvalue weighted by atomic mass is 16.3. The molecule has 3 nitrogen and oxygen atoms in total. The number of nitrogens with zero attached hydrogens (tertiary/aromatic N) is 2. The standard InChI is InChI=1S/C15H24N2O/c1-4-15(3)6-9-17(10-7-15)14-11-13(12(2)18)5-8-16-14/h5,8,11-12,18H,4,6-7,9-10H2,1-3H3/t12-/m1/s1. The lowest BCUT2D eigenvalue weighted by molar-refractivity contribution is 0.199. The summed E-state index contributed by atoms with van der Waals surface area (Å²) in [6, 6.07) is 3.90. The quantitative estimate of drug-likeness (QED) is 0.892. The number of aliphatic hydroxyl groups excluding tert-OH is 1. The van der Waals surface area contributed by atoms with Gasteiger partial charge in [-0.15, -0.1) is 0 Å². The topological polar surface area (TPSA) is 36.4 Å². The van der Waals surface area contributed by atoms with E-state index in [1.165, 1.54) is 19.3 Å². The average Bonchev–Trinajstić information content (AvgIpc) is 2.40. The summed E-state index contributed by atoms with van der Waals surface area (Å²) in [6.07, 6.45) is 5.08. The van der Waals surface area contributed by atoms with Gasteiger partial charge in [0.15, 0.2) is 0 Å². The fourth-order valence-corrected chi connectivity index (χ4v) is 2.50. The van der Waals surface area contributed by atoms with Gasteiger partial charge in [-0.1, -0.05) is 20.3 Å². The Balaban J connectivity index is 2.07. The minimum atomic E-state index is -0.419. The van der Waals surface area contributed by atoms with Crippen LogP contribution >= 0.6 is 0 Å². The Kier molecular flexibility index (Phi) is 3.91. The van der Waals surface area contributed by atoms with Gasteiger partial charge in [0.25, 0.3) is 0 Å². The fraction of sp³-hybridized carbons (Fsp3) is 0.667. The second kappa shape index (κ2) is 5.27. The number of piperidine rings is 1. The number of hydrogen-bond acceptors (Lipinski definition) is 3. The summed E-state index contributed by atoms with van der Waals surface area (Å²) in [5.74, 6) is 1.01. The lowest BCUT2D eigenvalue weighted by atomic mass is 9.78. The van der Waals surface area contributed by atoms with Crippen molar-refractivity contribution >= 4 is 5.82 Å². The third-order valence-electron chi connectivity index (χ3n) is 4.40. The van der Waals surface area contributed by atoms with Crippen molar-refractivity contribution in [3.8, 4) is 0 Å². The maximum absolute atomic E-state index is 9.62. The molecule has 0 radical (unpaired) electrons. The number of aliphatic hydroxyl groups is 1. The van der Waals surface area contributed by atoms with Crippen molar-refractivity contribution in [3.05, 3.63) is 23.9 Å². The van der Waals surface area contributed by atoms with Crippen molar-refractivity contribution in [2.75, 3.05) is 18.0 Å². The number of hydrogen-bond donors (Lipinski definition) is 1. The van der Waals surface area contributed by atoms with Crippen molar-refractivity contribution in [2.24, 2.45) is 5.41 Å². The van der Waals surface area contributed by atoms with E-state index in [1.54, 1.807) is 13.1 Å². The summed E-state index contributed by atoms with van der Waals surface area (Å²) < 4.78 is 0. The first kappa shape index (κ1) is 13.3. The highest BCUT2D eigenvalue weighted by molar-refractivity contribution is 5.42. The second-order valence-electron chi connectivity index (χ2n) is 5.77. The molecule has 0 aromatic carbocycles. The van der Waals surface area contributed by atoms with E-state index in [-0.39, 0.29) is 0 Å². The molecule has 1 fully saturated rings. The molecule has 0 aliphatic carbocycles. The Labute approximate surface area is 110 Å². The van der Waals surface area contributed by atoms with Crippen LogP contribution in [-0.4, -0.2) is 23.2 Å². The zero-order valence-electron chi connectivity index (χ0n) is 11.7. The second-order valence-corrected chi connectivity index (χ2v) is 5.77. The Hall–Kier alpha value is -1.09. The molecule has 1 atom stereocenters. The van der Waals surface area contributed by atoms with E-state index in [0.29, 0.717) is 5.41 Å². The molecule has 1 aliphatic heterocycles. The summed E-state index contributed by atoms with van der Waals surface area (Å²) in [5.41, 5.74) is 1.45. The predicted octanol–water partition coefficient (Wildman–Crippen LogP) is 3.15. The van der Waals surface area contributed by atoms with Crippen LogP contribution in [0.2, 0.25) is 0 Å². The largest absolute Gasteiger partial charge is 0.389 e. The number of aromatic nitrogens is 1. The van der Waals surface area contributed by atoms with Gasteiger partial charge in [0.05, 0.1) is 6.10 Å². The molecule has 2 heterocycles. The number of pyridine rings is 1. The first-order valence-electron chi connectivity index (χ1n) is 6.93. The Morgan fingerprint density at radius 2 is 2.11 bits per heavy atom. The summed E-state index contributed by atoms with van der Waals surface area (Å²) in [5, 5.41) is 9.62. The molecular weight excluding hydrogens is 224 g/mol. The first-order chi connectivity index (χ1) is 8.54. The highest BCUT2D eigenvalue weighted by Crippen LogP contribution is 2.35.